The van der Waals surface area contributed by atoms with Gasteiger partial charge in [-0.2, -0.15) is 0 Å². The molecule has 1 radical (unpaired) electrons. The lowest BCUT2D eigenvalue weighted by atomic mass is 10.2. The van der Waals surface area contributed by atoms with E-state index in [-0.39, 0.29) is 0 Å². The average Bonchev–Trinajstić information content (AvgIpc) is 1.84. The van der Waals surface area contributed by atoms with Gasteiger partial charge < -0.3 is 9.47 Å². The Labute approximate surface area is 61.5 Å². The van der Waals surface area contributed by atoms with Gasteiger partial charge in [0, 0.05) is 19.4 Å². The molecule has 1 fully saturated rings. The van der Waals surface area contributed by atoms with Crippen LogP contribution in [0.25, 0.3) is 0 Å². The van der Waals surface area contributed by atoms with Gasteiger partial charge >= 0.3 is 0 Å². The summed E-state index contributed by atoms with van der Waals surface area (Å²) in [6, 6.07) is 0. The molecule has 0 aromatic carbocycles. The summed E-state index contributed by atoms with van der Waals surface area (Å²) in [6.07, 6.45) is 4.54. The van der Waals surface area contributed by atoms with Crippen LogP contribution in [0.4, 0.5) is 0 Å². The maximum atomic E-state index is 5.10. The molecule has 1 aliphatic rings. The normalized spacial score (nSPS) is 22.3. The van der Waals surface area contributed by atoms with Crippen molar-refractivity contribution in [3.05, 3.63) is 6.92 Å². The van der Waals surface area contributed by atoms with Crippen molar-refractivity contribution >= 4 is 0 Å². The van der Waals surface area contributed by atoms with Gasteiger partial charge in [0.2, 0.25) is 0 Å². The summed E-state index contributed by atoms with van der Waals surface area (Å²) in [5.41, 5.74) is 0. The zero-order valence-electron chi connectivity index (χ0n) is 5.93. The molecule has 1 rings (SSSR count). The third-order valence-corrected chi connectivity index (χ3v) is 1.33. The molecule has 0 saturated carbocycles. The van der Waals surface area contributed by atoms with Gasteiger partial charge in [0.1, 0.15) is 12.7 Å². The SMILES string of the molecule is [CH2]CC#COCC1CCO1. The van der Waals surface area contributed by atoms with Crippen LogP contribution in [0.2, 0.25) is 0 Å². The molecule has 0 aromatic heterocycles. The molecule has 0 aromatic rings. The maximum absolute atomic E-state index is 5.10. The first kappa shape index (κ1) is 7.43. The number of hydrogen-bond acceptors (Lipinski definition) is 2. The van der Waals surface area contributed by atoms with E-state index in [4.69, 9.17) is 9.47 Å². The van der Waals surface area contributed by atoms with E-state index in [0.717, 1.165) is 13.0 Å². The number of rotatable bonds is 2. The first-order chi connectivity index (χ1) is 4.93. The van der Waals surface area contributed by atoms with E-state index in [1.807, 2.05) is 0 Å². The first-order valence-electron chi connectivity index (χ1n) is 3.44. The molecule has 1 aliphatic heterocycles. The van der Waals surface area contributed by atoms with Crippen LogP contribution in [0, 0.1) is 19.0 Å². The monoisotopic (exact) mass is 139 g/mol. The summed E-state index contributed by atoms with van der Waals surface area (Å²) in [4.78, 5) is 0. The van der Waals surface area contributed by atoms with E-state index >= 15 is 0 Å². The van der Waals surface area contributed by atoms with Crippen molar-refractivity contribution in [1.29, 1.82) is 0 Å². The topological polar surface area (TPSA) is 18.5 Å². The molecule has 0 amide bonds. The quantitative estimate of drug-likeness (QED) is 0.531. The van der Waals surface area contributed by atoms with Crippen molar-refractivity contribution in [2.45, 2.75) is 18.9 Å². The third-order valence-electron chi connectivity index (χ3n) is 1.33. The highest BCUT2D eigenvalue weighted by molar-refractivity contribution is 4.92. The second kappa shape index (κ2) is 4.19. The van der Waals surface area contributed by atoms with Crippen LogP contribution in [0.15, 0.2) is 0 Å². The Morgan fingerprint density at radius 1 is 1.70 bits per heavy atom. The lowest BCUT2D eigenvalue weighted by Crippen LogP contribution is -2.30. The smallest absolute Gasteiger partial charge is 0.126 e. The Morgan fingerprint density at radius 2 is 2.50 bits per heavy atom. The van der Waals surface area contributed by atoms with E-state index in [2.05, 4.69) is 19.0 Å². The fourth-order valence-electron chi connectivity index (χ4n) is 0.653. The number of ether oxygens (including phenoxy) is 2. The van der Waals surface area contributed by atoms with Crippen LogP contribution in [-0.4, -0.2) is 19.3 Å². The molecule has 0 N–H and O–H groups in total. The lowest BCUT2D eigenvalue weighted by Gasteiger charge is -2.24. The lowest BCUT2D eigenvalue weighted by molar-refractivity contribution is -0.0770. The van der Waals surface area contributed by atoms with Gasteiger partial charge in [-0.05, 0) is 6.92 Å². The van der Waals surface area contributed by atoms with E-state index in [1.165, 1.54) is 0 Å². The van der Waals surface area contributed by atoms with Crippen LogP contribution < -0.4 is 0 Å². The zero-order chi connectivity index (χ0) is 7.23. The first-order valence-corrected chi connectivity index (χ1v) is 3.44. The van der Waals surface area contributed by atoms with Gasteiger partial charge in [0.15, 0.2) is 0 Å². The van der Waals surface area contributed by atoms with Gasteiger partial charge in [-0.15, -0.1) is 0 Å². The van der Waals surface area contributed by atoms with Gasteiger partial charge in [-0.25, -0.2) is 0 Å². The molecular weight excluding hydrogens is 128 g/mol. The zero-order valence-corrected chi connectivity index (χ0v) is 5.93. The minimum absolute atomic E-state index is 0.291. The van der Waals surface area contributed by atoms with Crippen molar-refractivity contribution in [3.63, 3.8) is 0 Å². The van der Waals surface area contributed by atoms with E-state index in [0.29, 0.717) is 19.1 Å². The molecule has 1 saturated heterocycles. The Balaban J connectivity index is 1.94. The molecule has 2 nitrogen and oxygen atoms in total. The fraction of sp³-hybridized carbons (Fsp3) is 0.625. The fourth-order valence-corrected chi connectivity index (χ4v) is 0.653. The second-order valence-corrected chi connectivity index (χ2v) is 2.12. The molecule has 1 unspecified atom stereocenters. The van der Waals surface area contributed by atoms with Crippen molar-refractivity contribution in [2.24, 2.45) is 0 Å². The predicted octanol–water partition coefficient (Wildman–Crippen LogP) is 0.977. The van der Waals surface area contributed by atoms with Gasteiger partial charge in [-0.3, -0.25) is 0 Å². The Bertz CT molecular complexity index is 139. The van der Waals surface area contributed by atoms with Crippen molar-refractivity contribution in [1.82, 2.24) is 0 Å². The van der Waals surface area contributed by atoms with Crippen molar-refractivity contribution in [3.8, 4) is 12.0 Å². The largest absolute Gasteiger partial charge is 0.444 e. The van der Waals surface area contributed by atoms with Crippen LogP contribution in [-0.2, 0) is 9.47 Å². The number of hydrogen-bond donors (Lipinski definition) is 0. The average molecular weight is 139 g/mol. The molecule has 10 heavy (non-hydrogen) atoms. The van der Waals surface area contributed by atoms with Crippen LogP contribution in [0.5, 0.6) is 0 Å². The minimum atomic E-state index is 0.291. The Kier molecular flexibility index (Phi) is 3.11. The van der Waals surface area contributed by atoms with Gasteiger partial charge in [0.05, 0.1) is 6.10 Å². The molecule has 0 bridgehead atoms. The van der Waals surface area contributed by atoms with Crippen molar-refractivity contribution in [2.75, 3.05) is 13.2 Å². The molecule has 1 heterocycles. The van der Waals surface area contributed by atoms with Crippen molar-refractivity contribution < 1.29 is 9.47 Å². The molecule has 0 spiro atoms. The minimum Gasteiger partial charge on any atom is -0.444 e. The van der Waals surface area contributed by atoms with Gasteiger partial charge in [0.25, 0.3) is 0 Å². The van der Waals surface area contributed by atoms with Crippen LogP contribution in [0.3, 0.4) is 0 Å². The van der Waals surface area contributed by atoms with E-state index < -0.39 is 0 Å². The van der Waals surface area contributed by atoms with E-state index in [1.54, 1.807) is 0 Å². The van der Waals surface area contributed by atoms with Gasteiger partial charge in [-0.1, -0.05) is 5.92 Å². The Morgan fingerprint density at radius 3 is 3.00 bits per heavy atom. The second-order valence-electron chi connectivity index (χ2n) is 2.12. The maximum Gasteiger partial charge on any atom is 0.126 e. The predicted molar refractivity (Wildman–Crippen MR) is 38.1 cm³/mol. The highest BCUT2D eigenvalue weighted by Crippen LogP contribution is 2.09. The highest BCUT2D eigenvalue weighted by atomic mass is 16.5. The summed E-state index contributed by atoms with van der Waals surface area (Å²) in [6.45, 7) is 5.03. The summed E-state index contributed by atoms with van der Waals surface area (Å²) < 4.78 is 10.1. The molecule has 55 valence electrons. The summed E-state index contributed by atoms with van der Waals surface area (Å²) in [5.74, 6) is 2.71. The van der Waals surface area contributed by atoms with Crippen LogP contribution in [0.1, 0.15) is 12.8 Å². The highest BCUT2D eigenvalue weighted by Gasteiger charge is 2.17. The molecular formula is C8H11O2. The van der Waals surface area contributed by atoms with Crippen LogP contribution >= 0.6 is 0 Å². The standard InChI is InChI=1S/C8H11O2/c1-2-3-5-9-7-8-4-6-10-8/h8H,1-2,4,6-7H2. The summed E-state index contributed by atoms with van der Waals surface area (Å²) in [7, 11) is 0. The Hall–Kier alpha value is -0.680. The third kappa shape index (κ3) is 2.28. The summed E-state index contributed by atoms with van der Waals surface area (Å²) >= 11 is 0. The molecule has 1 atom stereocenters. The van der Waals surface area contributed by atoms with E-state index in [9.17, 15) is 0 Å². The molecule has 2 heteroatoms. The summed E-state index contributed by atoms with van der Waals surface area (Å²) in [5, 5.41) is 0. The molecule has 0 aliphatic carbocycles.